The van der Waals surface area contributed by atoms with E-state index in [4.69, 9.17) is 0 Å². The predicted octanol–water partition coefficient (Wildman–Crippen LogP) is 2.37. The number of ketones is 1. The number of rotatable bonds is 1. The van der Waals surface area contributed by atoms with E-state index in [1.165, 1.54) is 7.11 Å². The van der Waals surface area contributed by atoms with Gasteiger partial charge in [0.15, 0.2) is 5.78 Å². The van der Waals surface area contributed by atoms with Gasteiger partial charge in [0.25, 0.3) is 0 Å². The fourth-order valence-corrected chi connectivity index (χ4v) is 2.58. The Kier molecular flexibility index (Phi) is 3.10. The summed E-state index contributed by atoms with van der Waals surface area (Å²) in [5, 5.41) is 0. The Balaban J connectivity index is 2.40. The van der Waals surface area contributed by atoms with E-state index in [1.807, 2.05) is 6.07 Å². The summed E-state index contributed by atoms with van der Waals surface area (Å²) in [5.74, 6) is -1.20. The van der Waals surface area contributed by atoms with Crippen LogP contribution in [-0.4, -0.2) is 18.9 Å². The van der Waals surface area contributed by atoms with Gasteiger partial charge in [0.05, 0.1) is 7.11 Å². The largest absolute Gasteiger partial charge is 0.468 e. The van der Waals surface area contributed by atoms with Crippen molar-refractivity contribution >= 4 is 27.7 Å². The lowest BCUT2D eigenvalue weighted by Crippen LogP contribution is -2.30. The first-order valence-electron chi connectivity index (χ1n) is 5.04. The van der Waals surface area contributed by atoms with Gasteiger partial charge in [0.2, 0.25) is 0 Å². The molecule has 0 saturated carbocycles. The van der Waals surface area contributed by atoms with Crippen molar-refractivity contribution in [3.63, 3.8) is 0 Å². The van der Waals surface area contributed by atoms with Crippen molar-refractivity contribution in [3.05, 3.63) is 33.8 Å². The van der Waals surface area contributed by atoms with Gasteiger partial charge < -0.3 is 4.74 Å². The molecule has 0 aromatic heterocycles. The van der Waals surface area contributed by atoms with Gasteiger partial charge in [-0.2, -0.15) is 0 Å². The molecule has 0 heterocycles. The molecule has 2 rings (SSSR count). The van der Waals surface area contributed by atoms with Crippen LogP contribution in [0.15, 0.2) is 22.7 Å². The molecular weight excluding hydrogens is 272 g/mol. The lowest BCUT2D eigenvalue weighted by atomic mass is 9.83. The summed E-state index contributed by atoms with van der Waals surface area (Å²) in [6.45, 7) is 0. The molecular formula is C12H11BrO3. The molecule has 0 fully saturated rings. The highest BCUT2D eigenvalue weighted by atomic mass is 79.9. The van der Waals surface area contributed by atoms with Crippen molar-refractivity contribution in [1.82, 2.24) is 0 Å². The average Bonchev–Trinajstić information content (AvgIpc) is 2.30. The van der Waals surface area contributed by atoms with Crippen molar-refractivity contribution in [2.24, 2.45) is 5.92 Å². The summed E-state index contributed by atoms with van der Waals surface area (Å²) in [7, 11) is 1.31. The fourth-order valence-electron chi connectivity index (χ4n) is 2.02. The number of Topliss-reactive ketones (excluding diaryl/α,β-unsaturated/α-hetero) is 1. The van der Waals surface area contributed by atoms with E-state index in [-0.39, 0.29) is 5.78 Å². The van der Waals surface area contributed by atoms with Crippen molar-refractivity contribution in [2.75, 3.05) is 7.11 Å². The number of ether oxygens (including phenoxy) is 1. The monoisotopic (exact) mass is 282 g/mol. The van der Waals surface area contributed by atoms with Crippen LogP contribution in [0, 0.1) is 5.92 Å². The van der Waals surface area contributed by atoms with Crippen LogP contribution in [0.3, 0.4) is 0 Å². The van der Waals surface area contributed by atoms with E-state index < -0.39 is 11.9 Å². The quantitative estimate of drug-likeness (QED) is 0.587. The minimum absolute atomic E-state index is 0.130. The van der Waals surface area contributed by atoms with Crippen LogP contribution < -0.4 is 0 Å². The molecule has 1 atom stereocenters. The zero-order valence-corrected chi connectivity index (χ0v) is 10.4. The molecule has 1 aliphatic carbocycles. The number of hydrogen-bond acceptors (Lipinski definition) is 3. The molecule has 0 N–H and O–H groups in total. The summed E-state index contributed by atoms with van der Waals surface area (Å²) in [5.41, 5.74) is 1.63. The third kappa shape index (κ3) is 1.78. The summed E-state index contributed by atoms with van der Waals surface area (Å²) in [6.07, 6.45) is 1.25. The zero-order chi connectivity index (χ0) is 11.7. The van der Waals surface area contributed by atoms with E-state index >= 15 is 0 Å². The molecule has 84 valence electrons. The number of fused-ring (bicyclic) bond motifs is 1. The topological polar surface area (TPSA) is 43.4 Å². The molecule has 1 unspecified atom stereocenters. The van der Waals surface area contributed by atoms with Crippen LogP contribution in [0.2, 0.25) is 0 Å². The van der Waals surface area contributed by atoms with Gasteiger partial charge >= 0.3 is 5.97 Å². The van der Waals surface area contributed by atoms with Gasteiger partial charge in [-0.25, -0.2) is 0 Å². The van der Waals surface area contributed by atoms with Crippen LogP contribution in [0.1, 0.15) is 22.3 Å². The number of benzene rings is 1. The van der Waals surface area contributed by atoms with Gasteiger partial charge in [-0.15, -0.1) is 0 Å². The number of carbonyl (C=O) groups is 2. The van der Waals surface area contributed by atoms with Crippen molar-refractivity contribution in [2.45, 2.75) is 12.8 Å². The summed E-state index contributed by atoms with van der Waals surface area (Å²) in [6, 6.07) is 5.47. The summed E-state index contributed by atoms with van der Waals surface area (Å²) in [4.78, 5) is 23.5. The lowest BCUT2D eigenvalue weighted by Gasteiger charge is -2.22. The fraction of sp³-hybridized carbons (Fsp3) is 0.333. The van der Waals surface area contributed by atoms with E-state index in [0.717, 1.165) is 16.5 Å². The van der Waals surface area contributed by atoms with Gasteiger partial charge in [-0.3, -0.25) is 9.59 Å². The van der Waals surface area contributed by atoms with Crippen LogP contribution in [0.4, 0.5) is 0 Å². The number of esters is 1. The normalized spacial score (nSPS) is 19.1. The highest BCUT2D eigenvalue weighted by Gasteiger charge is 2.34. The Hall–Kier alpha value is -1.16. The van der Waals surface area contributed by atoms with Crippen LogP contribution >= 0.6 is 15.9 Å². The second-order valence-electron chi connectivity index (χ2n) is 3.74. The van der Waals surface area contributed by atoms with Crippen LogP contribution in [-0.2, 0) is 16.0 Å². The molecule has 0 saturated heterocycles. The Morgan fingerprint density at radius 2 is 2.25 bits per heavy atom. The van der Waals surface area contributed by atoms with Crippen LogP contribution in [0.5, 0.6) is 0 Å². The lowest BCUT2D eigenvalue weighted by molar-refractivity contribution is -0.143. The number of hydrogen-bond donors (Lipinski definition) is 0. The number of carbonyl (C=O) groups excluding carboxylic acids is 2. The Morgan fingerprint density at radius 1 is 1.50 bits per heavy atom. The average molecular weight is 283 g/mol. The summed E-state index contributed by atoms with van der Waals surface area (Å²) < 4.78 is 5.57. The minimum atomic E-state index is -0.633. The van der Waals surface area contributed by atoms with Crippen LogP contribution in [0.25, 0.3) is 0 Å². The van der Waals surface area contributed by atoms with Crippen molar-refractivity contribution in [3.8, 4) is 0 Å². The molecule has 0 amide bonds. The Labute approximate surface area is 102 Å². The highest BCUT2D eigenvalue weighted by molar-refractivity contribution is 9.10. The standard InChI is InChI=1S/C12H11BrO3/c1-16-12(15)9-6-5-7-8(11(9)14)3-2-4-10(7)13/h2-4,9H,5-6H2,1H3. The first kappa shape index (κ1) is 11.3. The Morgan fingerprint density at radius 3 is 2.94 bits per heavy atom. The molecule has 0 bridgehead atoms. The summed E-state index contributed by atoms with van der Waals surface area (Å²) >= 11 is 3.42. The predicted molar refractivity (Wildman–Crippen MR) is 62.3 cm³/mol. The third-order valence-electron chi connectivity index (χ3n) is 2.87. The van der Waals surface area contributed by atoms with E-state index in [9.17, 15) is 9.59 Å². The van der Waals surface area contributed by atoms with E-state index in [1.54, 1.807) is 12.1 Å². The second kappa shape index (κ2) is 4.37. The third-order valence-corrected chi connectivity index (χ3v) is 3.61. The van der Waals surface area contributed by atoms with Gasteiger partial charge in [-0.1, -0.05) is 28.1 Å². The van der Waals surface area contributed by atoms with Gasteiger partial charge in [0.1, 0.15) is 5.92 Å². The molecule has 1 aliphatic rings. The molecule has 1 aromatic rings. The molecule has 1 aromatic carbocycles. The molecule has 0 radical (unpaired) electrons. The molecule has 16 heavy (non-hydrogen) atoms. The Bertz CT molecular complexity index is 454. The van der Waals surface area contributed by atoms with Gasteiger partial charge in [0, 0.05) is 10.0 Å². The minimum Gasteiger partial charge on any atom is -0.468 e. The smallest absolute Gasteiger partial charge is 0.316 e. The maximum atomic E-state index is 12.0. The SMILES string of the molecule is COC(=O)C1CCc2c(Br)cccc2C1=O. The molecule has 4 heteroatoms. The number of methoxy groups -OCH3 is 1. The van der Waals surface area contributed by atoms with Crippen molar-refractivity contribution in [1.29, 1.82) is 0 Å². The first-order valence-corrected chi connectivity index (χ1v) is 5.84. The maximum Gasteiger partial charge on any atom is 0.316 e. The maximum absolute atomic E-state index is 12.0. The van der Waals surface area contributed by atoms with E-state index in [2.05, 4.69) is 20.7 Å². The molecule has 0 spiro atoms. The van der Waals surface area contributed by atoms with Crippen molar-refractivity contribution < 1.29 is 14.3 Å². The molecule has 0 aliphatic heterocycles. The van der Waals surface area contributed by atoms with Gasteiger partial charge in [-0.05, 0) is 24.5 Å². The highest BCUT2D eigenvalue weighted by Crippen LogP contribution is 2.31. The zero-order valence-electron chi connectivity index (χ0n) is 8.83. The molecule has 3 nitrogen and oxygen atoms in total. The second-order valence-corrected chi connectivity index (χ2v) is 4.60. The number of halogens is 1. The van der Waals surface area contributed by atoms with E-state index in [0.29, 0.717) is 12.0 Å². The first-order chi connectivity index (χ1) is 7.65.